The van der Waals surface area contributed by atoms with E-state index in [0.717, 1.165) is 12.1 Å². The maximum Gasteiger partial charge on any atom is 0.339 e. The number of aliphatic hydroxyl groups excluding tert-OH is 1. The van der Waals surface area contributed by atoms with Gasteiger partial charge in [0.1, 0.15) is 0 Å². The van der Waals surface area contributed by atoms with Crippen LogP contribution in [0.2, 0.25) is 0 Å². The molecule has 16 heavy (non-hydrogen) atoms. The Morgan fingerprint density at radius 3 is 2.69 bits per heavy atom. The third kappa shape index (κ3) is 2.22. The van der Waals surface area contributed by atoms with E-state index in [-0.39, 0.29) is 12.2 Å². The number of carbonyl (C=O) groups excluding carboxylic acids is 1. The Hall–Kier alpha value is -1.82. The Morgan fingerprint density at radius 1 is 1.50 bits per heavy atom. The fourth-order valence-electron chi connectivity index (χ4n) is 1.14. The molecule has 0 fully saturated rings. The molecule has 6 heteroatoms. The van der Waals surface area contributed by atoms with Crippen molar-refractivity contribution in [3.05, 3.63) is 23.5 Å². The molecule has 1 unspecified atom stereocenters. The van der Waals surface area contributed by atoms with Gasteiger partial charge in [-0.1, -0.05) is 0 Å². The van der Waals surface area contributed by atoms with Crippen LogP contribution >= 0.6 is 0 Å². The zero-order chi connectivity index (χ0) is 12.3. The predicted molar refractivity (Wildman–Crippen MR) is 51.3 cm³/mol. The highest BCUT2D eigenvalue weighted by molar-refractivity contribution is 5.77. The topological polar surface area (TPSA) is 87.0 Å². The summed E-state index contributed by atoms with van der Waals surface area (Å²) in [4.78, 5) is 11.1. The molecule has 1 atom stereocenters. The van der Waals surface area contributed by atoms with Crippen LogP contribution in [0.5, 0.6) is 11.5 Å². The van der Waals surface area contributed by atoms with Gasteiger partial charge in [0, 0.05) is 5.56 Å². The molecule has 0 aliphatic rings. The molecule has 0 saturated carbocycles. The van der Waals surface area contributed by atoms with Gasteiger partial charge in [-0.25, -0.2) is 4.79 Å². The van der Waals surface area contributed by atoms with E-state index in [4.69, 9.17) is 5.11 Å². The lowest BCUT2D eigenvalue weighted by molar-refractivity contribution is -0.153. The molecule has 5 nitrogen and oxygen atoms in total. The van der Waals surface area contributed by atoms with Crippen molar-refractivity contribution in [3.8, 4) is 11.5 Å². The number of esters is 1. The van der Waals surface area contributed by atoms with Crippen LogP contribution in [-0.4, -0.2) is 27.9 Å². The van der Waals surface area contributed by atoms with Crippen LogP contribution < -0.4 is 0 Å². The van der Waals surface area contributed by atoms with Gasteiger partial charge in [-0.2, -0.15) is 4.39 Å². The van der Waals surface area contributed by atoms with Crippen LogP contribution in [0.1, 0.15) is 18.6 Å². The maximum atomic E-state index is 13.0. The van der Waals surface area contributed by atoms with Crippen molar-refractivity contribution in [2.24, 2.45) is 0 Å². The summed E-state index contributed by atoms with van der Waals surface area (Å²) in [5.74, 6) is -4.03. The van der Waals surface area contributed by atoms with Crippen LogP contribution in [0.15, 0.2) is 12.1 Å². The molecule has 0 radical (unpaired) electrons. The Kier molecular flexibility index (Phi) is 3.68. The summed E-state index contributed by atoms with van der Waals surface area (Å²) in [6, 6.07) is 1.96. The largest absolute Gasteiger partial charge is 0.505 e. The molecule has 1 aromatic carbocycles. The first-order valence-electron chi connectivity index (χ1n) is 4.54. The summed E-state index contributed by atoms with van der Waals surface area (Å²) in [6.45, 7) is 1.60. The highest BCUT2D eigenvalue weighted by Gasteiger charge is 2.24. The summed E-state index contributed by atoms with van der Waals surface area (Å²) in [5, 5.41) is 27.6. The fraction of sp³-hybridized carbons (Fsp3) is 0.300. The van der Waals surface area contributed by atoms with E-state index in [0.29, 0.717) is 0 Å². The van der Waals surface area contributed by atoms with E-state index in [2.05, 4.69) is 4.74 Å². The molecule has 0 saturated heterocycles. The minimum atomic E-state index is -1.78. The van der Waals surface area contributed by atoms with Gasteiger partial charge in [0.05, 0.1) is 6.61 Å². The molecule has 0 aromatic heterocycles. The van der Waals surface area contributed by atoms with E-state index >= 15 is 0 Å². The monoisotopic (exact) mass is 230 g/mol. The average molecular weight is 230 g/mol. The molecule has 0 heterocycles. The lowest BCUT2D eigenvalue weighted by Crippen LogP contribution is -2.15. The minimum Gasteiger partial charge on any atom is -0.505 e. The number of halogens is 1. The normalized spacial score (nSPS) is 12.2. The quantitative estimate of drug-likeness (QED) is 0.669. The number of phenols is 2. The third-order valence-corrected chi connectivity index (χ3v) is 1.93. The number of rotatable bonds is 3. The zero-order valence-corrected chi connectivity index (χ0v) is 8.48. The molecular weight excluding hydrogens is 219 g/mol. The van der Waals surface area contributed by atoms with Gasteiger partial charge < -0.3 is 20.1 Å². The van der Waals surface area contributed by atoms with Crippen LogP contribution in [0, 0.1) is 5.82 Å². The van der Waals surface area contributed by atoms with Crippen molar-refractivity contribution in [3.63, 3.8) is 0 Å². The van der Waals surface area contributed by atoms with E-state index in [1.54, 1.807) is 6.92 Å². The summed E-state index contributed by atoms with van der Waals surface area (Å²) in [5.41, 5.74) is -0.353. The number of ether oxygens (including phenoxy) is 1. The van der Waals surface area contributed by atoms with Crippen LogP contribution in [0.4, 0.5) is 4.39 Å². The summed E-state index contributed by atoms with van der Waals surface area (Å²) >= 11 is 0. The Labute approximate surface area is 90.7 Å². The second kappa shape index (κ2) is 4.80. The molecule has 0 aliphatic carbocycles. The predicted octanol–water partition coefficient (Wildman–Crippen LogP) is 0.833. The molecule has 88 valence electrons. The SMILES string of the molecule is CCOC(=O)C(O)c1ccc(O)c(F)c1O. The number of hydrogen-bond acceptors (Lipinski definition) is 5. The minimum absolute atomic E-state index is 0.0528. The maximum absolute atomic E-state index is 13.0. The first kappa shape index (κ1) is 12.3. The van der Waals surface area contributed by atoms with Gasteiger partial charge in [0.15, 0.2) is 17.6 Å². The van der Waals surface area contributed by atoms with Gasteiger partial charge in [0.25, 0.3) is 0 Å². The van der Waals surface area contributed by atoms with Crippen molar-refractivity contribution >= 4 is 5.97 Å². The number of aromatic hydroxyl groups is 2. The molecule has 0 spiro atoms. The van der Waals surface area contributed by atoms with Gasteiger partial charge in [-0.3, -0.25) is 0 Å². The Morgan fingerprint density at radius 2 is 2.12 bits per heavy atom. The summed E-state index contributed by atoms with van der Waals surface area (Å²) in [7, 11) is 0. The van der Waals surface area contributed by atoms with Crippen LogP contribution in [-0.2, 0) is 9.53 Å². The van der Waals surface area contributed by atoms with Crippen molar-refractivity contribution in [1.29, 1.82) is 0 Å². The molecule has 0 aliphatic heterocycles. The molecular formula is C10H11FO5. The lowest BCUT2D eigenvalue weighted by atomic mass is 10.1. The highest BCUT2D eigenvalue weighted by Crippen LogP contribution is 2.32. The standard InChI is InChI=1S/C10H11FO5/c1-2-16-10(15)9(14)5-3-4-6(12)7(11)8(5)13/h3-4,9,12-14H,2H2,1H3. The lowest BCUT2D eigenvalue weighted by Gasteiger charge is -2.12. The van der Waals surface area contributed by atoms with Gasteiger partial charge in [-0.05, 0) is 19.1 Å². The van der Waals surface area contributed by atoms with E-state index in [9.17, 15) is 19.4 Å². The second-order valence-corrected chi connectivity index (χ2v) is 2.99. The van der Waals surface area contributed by atoms with E-state index in [1.807, 2.05) is 0 Å². The van der Waals surface area contributed by atoms with Crippen molar-refractivity contribution < 1.29 is 29.2 Å². The molecule has 3 N–H and O–H groups in total. The number of hydrogen-bond donors (Lipinski definition) is 3. The Balaban J connectivity index is 3.05. The van der Waals surface area contributed by atoms with Crippen molar-refractivity contribution in [2.75, 3.05) is 6.61 Å². The molecule has 1 aromatic rings. The van der Waals surface area contributed by atoms with Crippen molar-refractivity contribution in [2.45, 2.75) is 13.0 Å². The van der Waals surface area contributed by atoms with E-state index < -0.39 is 29.4 Å². The number of benzene rings is 1. The van der Waals surface area contributed by atoms with Gasteiger partial charge in [0.2, 0.25) is 5.82 Å². The summed E-state index contributed by atoms with van der Waals surface area (Å²) in [6.07, 6.45) is -1.78. The van der Waals surface area contributed by atoms with Crippen LogP contribution in [0.3, 0.4) is 0 Å². The molecule has 0 bridgehead atoms. The average Bonchev–Trinajstić information content (AvgIpc) is 2.26. The third-order valence-electron chi connectivity index (χ3n) is 1.93. The molecule has 1 rings (SSSR count). The molecule has 0 amide bonds. The van der Waals surface area contributed by atoms with Crippen molar-refractivity contribution in [1.82, 2.24) is 0 Å². The van der Waals surface area contributed by atoms with Crippen LogP contribution in [0.25, 0.3) is 0 Å². The zero-order valence-electron chi connectivity index (χ0n) is 8.48. The van der Waals surface area contributed by atoms with E-state index in [1.165, 1.54) is 0 Å². The van der Waals surface area contributed by atoms with Gasteiger partial charge in [-0.15, -0.1) is 0 Å². The summed E-state index contributed by atoms with van der Waals surface area (Å²) < 4.78 is 17.5. The number of carbonyl (C=O) groups is 1. The smallest absolute Gasteiger partial charge is 0.339 e. The highest BCUT2D eigenvalue weighted by atomic mass is 19.1. The van der Waals surface area contributed by atoms with Gasteiger partial charge >= 0.3 is 5.97 Å². The Bertz CT molecular complexity index is 404. The number of aliphatic hydroxyl groups is 1. The number of phenolic OH excluding ortho intramolecular Hbond substituents is 2. The first-order chi connectivity index (χ1) is 7.49. The fourth-order valence-corrected chi connectivity index (χ4v) is 1.14. The second-order valence-electron chi connectivity index (χ2n) is 2.99. The first-order valence-corrected chi connectivity index (χ1v) is 4.54.